The zero-order valence-corrected chi connectivity index (χ0v) is 12.9. The molecule has 2 nitrogen and oxygen atoms in total. The van der Waals surface area contributed by atoms with Crippen LogP contribution < -0.4 is 0 Å². The second kappa shape index (κ2) is 4.79. The van der Waals surface area contributed by atoms with Crippen LogP contribution in [0.4, 0.5) is 0 Å². The molecule has 2 aromatic carbocycles. The standard InChI is InChI=1S/C18H18O2S/c1-13-6-8-16(9-7-13)21(19)17-18(20-17)11-10-14-4-2-3-5-15(14)12-18/h2-9,17H,10-12H2,1H3/t17-,18+,21-/m1/s1. The lowest BCUT2D eigenvalue weighted by atomic mass is 9.84. The predicted octanol–water partition coefficient (Wildman–Crippen LogP) is 3.39. The summed E-state index contributed by atoms with van der Waals surface area (Å²) in [4.78, 5) is 0.876. The smallest absolute Gasteiger partial charge is 0.167 e. The molecule has 1 fully saturated rings. The number of benzene rings is 2. The van der Waals surface area contributed by atoms with Gasteiger partial charge in [0.05, 0.1) is 10.8 Å². The lowest BCUT2D eigenvalue weighted by Gasteiger charge is -2.21. The molecule has 2 aromatic rings. The summed E-state index contributed by atoms with van der Waals surface area (Å²) >= 11 is 0. The minimum Gasteiger partial charge on any atom is -0.351 e. The highest BCUT2D eigenvalue weighted by Gasteiger charge is 2.60. The molecule has 0 radical (unpaired) electrons. The van der Waals surface area contributed by atoms with E-state index < -0.39 is 10.8 Å². The van der Waals surface area contributed by atoms with Crippen LogP contribution in [-0.4, -0.2) is 15.2 Å². The fourth-order valence-corrected chi connectivity index (χ4v) is 4.77. The van der Waals surface area contributed by atoms with Crippen molar-refractivity contribution < 1.29 is 8.95 Å². The van der Waals surface area contributed by atoms with E-state index in [1.54, 1.807) is 0 Å². The van der Waals surface area contributed by atoms with Crippen molar-refractivity contribution in [3.05, 3.63) is 65.2 Å². The molecule has 0 amide bonds. The van der Waals surface area contributed by atoms with Gasteiger partial charge >= 0.3 is 0 Å². The average Bonchev–Trinajstić information content (AvgIpc) is 3.20. The maximum absolute atomic E-state index is 12.7. The molecule has 3 heteroatoms. The van der Waals surface area contributed by atoms with E-state index in [-0.39, 0.29) is 11.0 Å². The Kier molecular flexibility index (Phi) is 3.02. The summed E-state index contributed by atoms with van der Waals surface area (Å²) in [6.07, 6.45) is 2.90. The summed E-state index contributed by atoms with van der Waals surface area (Å²) in [5.41, 5.74) is 3.62. The van der Waals surface area contributed by atoms with Crippen LogP contribution in [0.25, 0.3) is 0 Å². The largest absolute Gasteiger partial charge is 0.351 e. The highest BCUT2D eigenvalue weighted by Crippen LogP contribution is 2.49. The van der Waals surface area contributed by atoms with E-state index in [9.17, 15) is 4.21 Å². The van der Waals surface area contributed by atoms with E-state index in [0.29, 0.717) is 0 Å². The maximum atomic E-state index is 12.7. The molecule has 21 heavy (non-hydrogen) atoms. The first-order valence-corrected chi connectivity index (χ1v) is 8.61. The van der Waals surface area contributed by atoms with Gasteiger partial charge in [-0.25, -0.2) is 0 Å². The Balaban J connectivity index is 1.56. The van der Waals surface area contributed by atoms with Crippen LogP contribution in [0.1, 0.15) is 23.1 Å². The SMILES string of the molecule is Cc1ccc([S@@](=O)[C@H]2O[C@]23CCc2ccccc2C3)cc1. The molecule has 1 saturated heterocycles. The first-order chi connectivity index (χ1) is 10.2. The molecule has 0 saturated carbocycles. The Morgan fingerprint density at radius 1 is 1.10 bits per heavy atom. The molecule has 3 atom stereocenters. The third-order valence-electron chi connectivity index (χ3n) is 4.59. The second-order valence-electron chi connectivity index (χ2n) is 6.07. The Morgan fingerprint density at radius 3 is 2.57 bits per heavy atom. The summed E-state index contributed by atoms with van der Waals surface area (Å²) < 4.78 is 18.6. The summed E-state index contributed by atoms with van der Waals surface area (Å²) in [6.45, 7) is 2.04. The monoisotopic (exact) mass is 298 g/mol. The van der Waals surface area contributed by atoms with Crippen molar-refractivity contribution in [2.75, 3.05) is 0 Å². The van der Waals surface area contributed by atoms with Crippen molar-refractivity contribution in [2.45, 2.75) is 42.1 Å². The van der Waals surface area contributed by atoms with Gasteiger partial charge in [0, 0.05) is 11.3 Å². The van der Waals surface area contributed by atoms with Crippen LogP contribution in [-0.2, 0) is 28.4 Å². The minimum atomic E-state index is -1.07. The molecular weight excluding hydrogens is 280 g/mol. The maximum Gasteiger partial charge on any atom is 0.167 e. The molecule has 108 valence electrons. The van der Waals surface area contributed by atoms with Gasteiger partial charge in [0.15, 0.2) is 5.44 Å². The van der Waals surface area contributed by atoms with Gasteiger partial charge in [0.1, 0.15) is 5.60 Å². The Hall–Kier alpha value is -1.45. The first-order valence-electron chi connectivity index (χ1n) is 7.40. The van der Waals surface area contributed by atoms with Crippen LogP contribution in [0.3, 0.4) is 0 Å². The number of ether oxygens (including phenoxy) is 1. The predicted molar refractivity (Wildman–Crippen MR) is 83.7 cm³/mol. The lowest BCUT2D eigenvalue weighted by Crippen LogP contribution is -2.26. The van der Waals surface area contributed by atoms with Crippen LogP contribution in [0, 0.1) is 6.92 Å². The van der Waals surface area contributed by atoms with Gasteiger partial charge in [-0.2, -0.15) is 0 Å². The van der Waals surface area contributed by atoms with Crippen LogP contribution >= 0.6 is 0 Å². The Bertz CT molecular complexity index is 707. The van der Waals surface area contributed by atoms with Crippen molar-refractivity contribution >= 4 is 10.8 Å². The normalized spacial score (nSPS) is 28.1. The van der Waals surface area contributed by atoms with Crippen molar-refractivity contribution in [1.29, 1.82) is 0 Å². The number of fused-ring (bicyclic) bond motifs is 1. The molecule has 2 aliphatic rings. The third kappa shape index (κ3) is 2.25. The van der Waals surface area contributed by atoms with E-state index >= 15 is 0 Å². The van der Waals surface area contributed by atoms with E-state index in [2.05, 4.69) is 24.3 Å². The number of epoxide rings is 1. The highest BCUT2D eigenvalue weighted by atomic mass is 32.2. The first kappa shape index (κ1) is 13.2. The second-order valence-corrected chi connectivity index (χ2v) is 7.56. The van der Waals surface area contributed by atoms with E-state index in [1.165, 1.54) is 16.7 Å². The number of rotatable bonds is 2. The van der Waals surface area contributed by atoms with E-state index in [1.807, 2.05) is 31.2 Å². The molecule has 0 bridgehead atoms. The average molecular weight is 298 g/mol. The van der Waals surface area contributed by atoms with Crippen LogP contribution in [0.2, 0.25) is 0 Å². The summed E-state index contributed by atoms with van der Waals surface area (Å²) in [5.74, 6) is 0. The molecule has 4 rings (SSSR count). The number of hydrogen-bond acceptors (Lipinski definition) is 2. The van der Waals surface area contributed by atoms with Gasteiger partial charge in [-0.1, -0.05) is 42.0 Å². The van der Waals surface area contributed by atoms with Crippen molar-refractivity contribution in [2.24, 2.45) is 0 Å². The molecule has 0 unspecified atom stereocenters. The molecule has 1 aliphatic heterocycles. The Morgan fingerprint density at radius 2 is 1.81 bits per heavy atom. The molecule has 1 spiro atoms. The van der Waals surface area contributed by atoms with Crippen LogP contribution in [0.5, 0.6) is 0 Å². The van der Waals surface area contributed by atoms with Crippen molar-refractivity contribution in [1.82, 2.24) is 0 Å². The quantitative estimate of drug-likeness (QED) is 0.795. The number of aryl methyl sites for hydroxylation is 2. The summed E-state index contributed by atoms with van der Waals surface area (Å²) in [7, 11) is -1.07. The van der Waals surface area contributed by atoms with Gasteiger partial charge < -0.3 is 4.74 Å². The summed E-state index contributed by atoms with van der Waals surface area (Å²) in [6, 6.07) is 16.5. The topological polar surface area (TPSA) is 29.6 Å². The van der Waals surface area contributed by atoms with Gasteiger partial charge in [0.25, 0.3) is 0 Å². The zero-order valence-electron chi connectivity index (χ0n) is 12.0. The van der Waals surface area contributed by atoms with Crippen molar-refractivity contribution in [3.63, 3.8) is 0 Å². The zero-order chi connectivity index (χ0) is 14.4. The molecular formula is C18H18O2S. The van der Waals surface area contributed by atoms with Gasteiger partial charge in [-0.05, 0) is 43.0 Å². The van der Waals surface area contributed by atoms with E-state index in [0.717, 1.165) is 24.2 Å². The van der Waals surface area contributed by atoms with Gasteiger partial charge in [-0.3, -0.25) is 4.21 Å². The molecule has 0 aromatic heterocycles. The van der Waals surface area contributed by atoms with Crippen molar-refractivity contribution in [3.8, 4) is 0 Å². The minimum absolute atomic E-state index is 0.145. The summed E-state index contributed by atoms with van der Waals surface area (Å²) in [5, 5.41) is 0. The molecule has 1 heterocycles. The van der Waals surface area contributed by atoms with Crippen LogP contribution in [0.15, 0.2) is 53.4 Å². The van der Waals surface area contributed by atoms with Gasteiger partial charge in [0.2, 0.25) is 0 Å². The number of hydrogen-bond donors (Lipinski definition) is 0. The van der Waals surface area contributed by atoms with E-state index in [4.69, 9.17) is 4.74 Å². The molecule has 1 aliphatic carbocycles. The fraction of sp³-hybridized carbons (Fsp3) is 0.333. The highest BCUT2D eigenvalue weighted by molar-refractivity contribution is 7.85. The lowest BCUT2D eigenvalue weighted by molar-refractivity contribution is 0.276. The molecule has 0 N–H and O–H groups in total. The Labute approximate surface area is 127 Å². The fourth-order valence-electron chi connectivity index (χ4n) is 3.25. The van der Waals surface area contributed by atoms with Gasteiger partial charge in [-0.15, -0.1) is 0 Å². The third-order valence-corrected chi connectivity index (χ3v) is 6.24.